The molecule has 1 aromatic rings. The highest BCUT2D eigenvalue weighted by atomic mass is 16.7. The molecule has 1 rings (SSSR count). The highest BCUT2D eigenvalue weighted by Gasteiger charge is 2.22. The van der Waals surface area contributed by atoms with Crippen molar-refractivity contribution in [3.63, 3.8) is 0 Å². The Balaban J connectivity index is 2.61. The van der Waals surface area contributed by atoms with Gasteiger partial charge in [0.1, 0.15) is 11.3 Å². The maximum atomic E-state index is 13.4. The number of rotatable bonds is 35. The zero-order valence-corrected chi connectivity index (χ0v) is 36.1. The molecule has 0 radical (unpaired) electrons. The Morgan fingerprint density at radius 2 is 1.11 bits per heavy atom. The van der Waals surface area contributed by atoms with Gasteiger partial charge in [0, 0.05) is 32.0 Å². The third-order valence-corrected chi connectivity index (χ3v) is 10.8. The smallest absolute Gasteiger partial charge is 0.345 e. The van der Waals surface area contributed by atoms with Gasteiger partial charge in [0.15, 0.2) is 0 Å². The summed E-state index contributed by atoms with van der Waals surface area (Å²) in [6, 6.07) is 5.18. The lowest BCUT2D eigenvalue weighted by Gasteiger charge is -2.17. The molecule has 4 unspecified atom stereocenters. The molecule has 7 heteroatoms. The molecule has 0 amide bonds. The van der Waals surface area contributed by atoms with Crippen molar-refractivity contribution in [3.05, 3.63) is 23.8 Å². The van der Waals surface area contributed by atoms with Crippen LogP contribution < -0.4 is 10.1 Å². The largest absolute Gasteiger partial charge is 0.426 e. The van der Waals surface area contributed by atoms with Crippen LogP contribution in [0.4, 0.5) is 5.69 Å². The third kappa shape index (κ3) is 26.3. The molecule has 0 saturated carbocycles. The van der Waals surface area contributed by atoms with Crippen LogP contribution in [-0.2, 0) is 19.1 Å². The Morgan fingerprint density at radius 1 is 0.574 bits per heavy atom. The van der Waals surface area contributed by atoms with Crippen LogP contribution in [0.15, 0.2) is 18.2 Å². The lowest BCUT2D eigenvalue weighted by Crippen LogP contribution is -2.22. The summed E-state index contributed by atoms with van der Waals surface area (Å²) in [5.41, 5.74) is 0.903. The molecule has 0 aromatic heterocycles. The van der Waals surface area contributed by atoms with Crippen molar-refractivity contribution in [1.29, 1.82) is 0 Å². The summed E-state index contributed by atoms with van der Waals surface area (Å²) in [4.78, 5) is 38.5. The fraction of sp³-hybridized carbons (Fsp3) is 0.809. The summed E-state index contributed by atoms with van der Waals surface area (Å²) in [5.74, 6) is 1.20. The molecule has 312 valence electrons. The molecule has 0 fully saturated rings. The molecule has 54 heavy (non-hydrogen) atoms. The molecule has 1 aromatic carbocycles. The van der Waals surface area contributed by atoms with E-state index in [4.69, 9.17) is 14.2 Å². The highest BCUT2D eigenvalue weighted by molar-refractivity contribution is 5.94. The topological polar surface area (TPSA) is 90.9 Å². The van der Waals surface area contributed by atoms with E-state index >= 15 is 0 Å². The predicted molar refractivity (Wildman–Crippen MR) is 226 cm³/mol. The van der Waals surface area contributed by atoms with Gasteiger partial charge in [-0.2, -0.15) is 0 Å². The van der Waals surface area contributed by atoms with Gasteiger partial charge in [0.25, 0.3) is 0 Å². The molecule has 0 bridgehead atoms. The highest BCUT2D eigenvalue weighted by Crippen LogP contribution is 2.26. The number of benzene rings is 1. The number of anilines is 1. The average molecular weight is 758 g/mol. The van der Waals surface area contributed by atoms with Crippen molar-refractivity contribution >= 4 is 23.6 Å². The third-order valence-electron chi connectivity index (χ3n) is 10.8. The first kappa shape index (κ1) is 49.4. The van der Waals surface area contributed by atoms with Gasteiger partial charge in [-0.3, -0.25) is 9.59 Å². The van der Waals surface area contributed by atoms with Crippen molar-refractivity contribution in [3.8, 4) is 5.75 Å². The molecule has 4 atom stereocenters. The SMILES string of the molecule is CCCCCCCCCCCC(=O)Oc1ccc(NCCCCCCC(C)CCCC(C)CC(C)CC)cc1C(=O)OC(C)OC(=O)CCCCCCC. The second-order valence-electron chi connectivity index (χ2n) is 16.4. The zero-order valence-electron chi connectivity index (χ0n) is 36.1. The summed E-state index contributed by atoms with van der Waals surface area (Å²) in [6.07, 6.45) is 27.8. The molecule has 7 nitrogen and oxygen atoms in total. The molecule has 0 heterocycles. The van der Waals surface area contributed by atoms with Crippen LogP contribution in [-0.4, -0.2) is 30.7 Å². The predicted octanol–water partition coefficient (Wildman–Crippen LogP) is 14.2. The summed E-state index contributed by atoms with van der Waals surface area (Å²) >= 11 is 0. The summed E-state index contributed by atoms with van der Waals surface area (Å²) in [6.45, 7) is 16.2. The first-order valence-electron chi connectivity index (χ1n) is 22.6. The van der Waals surface area contributed by atoms with Gasteiger partial charge in [0.2, 0.25) is 6.29 Å². The minimum atomic E-state index is -1.05. The van der Waals surface area contributed by atoms with Crippen LogP contribution >= 0.6 is 0 Å². The average Bonchev–Trinajstić information content (AvgIpc) is 3.13. The fourth-order valence-electron chi connectivity index (χ4n) is 7.13. The van der Waals surface area contributed by atoms with E-state index in [1.807, 2.05) is 6.07 Å². The van der Waals surface area contributed by atoms with Gasteiger partial charge in [0.05, 0.1) is 0 Å². The van der Waals surface area contributed by atoms with E-state index in [9.17, 15) is 14.4 Å². The van der Waals surface area contributed by atoms with Gasteiger partial charge in [-0.25, -0.2) is 4.79 Å². The molecule has 0 aliphatic heterocycles. The fourth-order valence-corrected chi connectivity index (χ4v) is 7.13. The van der Waals surface area contributed by atoms with E-state index in [-0.39, 0.29) is 23.3 Å². The van der Waals surface area contributed by atoms with Crippen LogP contribution in [0, 0.1) is 17.8 Å². The minimum absolute atomic E-state index is 0.145. The number of hydrogen-bond donors (Lipinski definition) is 1. The van der Waals surface area contributed by atoms with Crippen LogP contribution in [0.5, 0.6) is 5.75 Å². The minimum Gasteiger partial charge on any atom is -0.426 e. The zero-order chi connectivity index (χ0) is 39.8. The number of nitrogens with one attached hydrogen (secondary N) is 1. The summed E-state index contributed by atoms with van der Waals surface area (Å²) < 4.78 is 16.6. The van der Waals surface area contributed by atoms with E-state index in [0.717, 1.165) is 94.2 Å². The number of unbranched alkanes of at least 4 members (excludes halogenated alkanes) is 15. The quantitative estimate of drug-likeness (QED) is 0.0319. The van der Waals surface area contributed by atoms with Gasteiger partial charge in [-0.05, 0) is 61.6 Å². The van der Waals surface area contributed by atoms with E-state index in [2.05, 4.69) is 46.9 Å². The molecular weight excluding hydrogens is 675 g/mol. The maximum Gasteiger partial charge on any atom is 0.345 e. The first-order valence-corrected chi connectivity index (χ1v) is 22.6. The second-order valence-corrected chi connectivity index (χ2v) is 16.4. The number of ether oxygens (including phenoxy) is 3. The van der Waals surface area contributed by atoms with Gasteiger partial charge in [-0.1, -0.05) is 170 Å². The normalized spacial score (nSPS) is 13.5. The second kappa shape index (κ2) is 32.7. The molecule has 0 spiro atoms. The Hall–Kier alpha value is -2.57. The van der Waals surface area contributed by atoms with Crippen molar-refractivity contribution in [2.24, 2.45) is 17.8 Å². The van der Waals surface area contributed by atoms with Gasteiger partial charge in [-0.15, -0.1) is 0 Å². The molecule has 1 N–H and O–H groups in total. The van der Waals surface area contributed by atoms with Crippen LogP contribution in [0.3, 0.4) is 0 Å². The van der Waals surface area contributed by atoms with E-state index in [1.54, 1.807) is 19.1 Å². The maximum absolute atomic E-state index is 13.4. The van der Waals surface area contributed by atoms with Crippen LogP contribution in [0.2, 0.25) is 0 Å². The van der Waals surface area contributed by atoms with E-state index in [0.29, 0.717) is 12.8 Å². The summed E-state index contributed by atoms with van der Waals surface area (Å²) in [7, 11) is 0. The van der Waals surface area contributed by atoms with Crippen LogP contribution in [0.25, 0.3) is 0 Å². The lowest BCUT2D eigenvalue weighted by atomic mass is 9.89. The lowest BCUT2D eigenvalue weighted by molar-refractivity contribution is -0.165. The Bertz CT molecular complexity index is 1110. The summed E-state index contributed by atoms with van der Waals surface area (Å²) in [5, 5.41) is 3.44. The van der Waals surface area contributed by atoms with E-state index < -0.39 is 12.3 Å². The standard InChI is InChI=1S/C47H83NO6/c1-8-11-13-15-16-17-18-20-25-32-46(50)54-44-34-33-42(37-43(44)47(51)53-41(7)52-45(49)31-24-19-14-12-9-2)48-35-26-22-21-23-28-39(5)29-27-30-40(6)36-38(4)10-3/h33-34,37-41,48H,8-32,35-36H2,1-7H3. The Morgan fingerprint density at radius 3 is 1.74 bits per heavy atom. The number of hydrogen-bond acceptors (Lipinski definition) is 7. The number of esters is 3. The van der Waals surface area contributed by atoms with Crippen molar-refractivity contribution in [2.45, 2.75) is 222 Å². The molecule has 0 saturated heterocycles. The first-order chi connectivity index (χ1) is 26.1. The molecule has 0 aliphatic carbocycles. The van der Waals surface area contributed by atoms with Gasteiger partial charge < -0.3 is 19.5 Å². The Kier molecular flexibility index (Phi) is 29.9. The van der Waals surface area contributed by atoms with Gasteiger partial charge >= 0.3 is 17.9 Å². The molecule has 0 aliphatic rings. The monoisotopic (exact) mass is 758 g/mol. The van der Waals surface area contributed by atoms with Crippen LogP contribution in [0.1, 0.15) is 226 Å². The number of carbonyl (C=O) groups excluding carboxylic acids is 3. The van der Waals surface area contributed by atoms with E-state index in [1.165, 1.54) is 89.9 Å². The van der Waals surface area contributed by atoms with Crippen molar-refractivity contribution in [2.75, 3.05) is 11.9 Å². The molecular formula is C47H83NO6. The Labute approximate surface area is 332 Å². The van der Waals surface area contributed by atoms with Crippen molar-refractivity contribution < 1.29 is 28.6 Å². The van der Waals surface area contributed by atoms with Crippen molar-refractivity contribution in [1.82, 2.24) is 0 Å². The number of carbonyl (C=O) groups is 3.